The van der Waals surface area contributed by atoms with Crippen LogP contribution in [0.5, 0.6) is 0 Å². The van der Waals surface area contributed by atoms with Crippen LogP contribution in [0.4, 0.5) is 0 Å². The van der Waals surface area contributed by atoms with Gasteiger partial charge in [-0.05, 0) is 24.8 Å². The highest BCUT2D eigenvalue weighted by molar-refractivity contribution is 5.73. The summed E-state index contributed by atoms with van der Waals surface area (Å²) >= 11 is 0. The van der Waals surface area contributed by atoms with Gasteiger partial charge in [0.15, 0.2) is 0 Å². The monoisotopic (exact) mass is 207 g/mol. The lowest BCUT2D eigenvalue weighted by molar-refractivity contribution is -0.140. The average Bonchev–Trinajstić information content (AvgIpc) is 2.15. The second kappa shape index (κ2) is 7.81. The number of rotatable bonds is 6. The highest BCUT2D eigenvalue weighted by atomic mass is 16.5. The minimum Gasteiger partial charge on any atom is -0.456 e. The van der Waals surface area contributed by atoms with Gasteiger partial charge in [-0.2, -0.15) is 0 Å². The van der Waals surface area contributed by atoms with E-state index in [0.29, 0.717) is 5.92 Å². The second-order valence-corrected chi connectivity index (χ2v) is 3.49. The number of carbonyl (C=O) groups is 1. The third-order valence-corrected chi connectivity index (χ3v) is 1.78. The first-order valence-electron chi connectivity index (χ1n) is 4.87. The standard InChI is InChI=1S/C12H17NO2/c1-5-6-10(2)7-11(3)9-15-12(14)8-13-4/h5,7,10H,1,6,8-9H2,2-3H3. The molecule has 0 aliphatic carbocycles. The number of nitrogens with zero attached hydrogens (tertiary/aromatic N) is 1. The van der Waals surface area contributed by atoms with E-state index in [1.54, 1.807) is 0 Å². The summed E-state index contributed by atoms with van der Waals surface area (Å²) < 4.78 is 4.88. The zero-order valence-electron chi connectivity index (χ0n) is 9.32. The molecule has 0 saturated heterocycles. The summed E-state index contributed by atoms with van der Waals surface area (Å²) in [6.07, 6.45) is 4.82. The van der Waals surface area contributed by atoms with Gasteiger partial charge in [-0.15, -0.1) is 6.58 Å². The fourth-order valence-corrected chi connectivity index (χ4v) is 1.17. The molecular weight excluding hydrogens is 190 g/mol. The third-order valence-electron chi connectivity index (χ3n) is 1.78. The van der Waals surface area contributed by atoms with Crippen LogP contribution in [0.1, 0.15) is 20.3 Å². The first kappa shape index (κ1) is 13.4. The molecule has 3 nitrogen and oxygen atoms in total. The molecule has 1 unspecified atom stereocenters. The topological polar surface area (TPSA) is 30.7 Å². The van der Waals surface area contributed by atoms with Crippen molar-refractivity contribution >= 4 is 5.97 Å². The normalized spacial score (nSPS) is 12.7. The Morgan fingerprint density at radius 2 is 2.33 bits per heavy atom. The quantitative estimate of drug-likeness (QED) is 0.381. The molecular formula is C12H17NO2. The molecule has 0 aliphatic rings. The van der Waals surface area contributed by atoms with Crippen molar-refractivity contribution in [2.24, 2.45) is 5.92 Å². The highest BCUT2D eigenvalue weighted by Gasteiger charge is 2.05. The van der Waals surface area contributed by atoms with Gasteiger partial charge < -0.3 is 9.58 Å². The molecule has 0 radical (unpaired) electrons. The largest absolute Gasteiger partial charge is 0.456 e. The summed E-state index contributed by atoms with van der Waals surface area (Å²) in [5, 5.41) is 0. The number of hydrogen-bond donors (Lipinski definition) is 0. The molecule has 0 rings (SSSR count). The van der Waals surface area contributed by atoms with E-state index in [9.17, 15) is 4.79 Å². The molecule has 0 amide bonds. The van der Waals surface area contributed by atoms with E-state index in [4.69, 9.17) is 11.3 Å². The lowest BCUT2D eigenvalue weighted by atomic mass is 10.1. The molecule has 0 heterocycles. The Balaban J connectivity index is 3.92. The molecule has 0 fully saturated rings. The number of carbonyl (C=O) groups excluding carboxylic acids is 1. The van der Waals surface area contributed by atoms with Crippen LogP contribution in [0, 0.1) is 12.5 Å². The maximum atomic E-state index is 10.9. The summed E-state index contributed by atoms with van der Waals surface area (Å²) in [6.45, 7) is 14.2. The molecule has 15 heavy (non-hydrogen) atoms. The summed E-state index contributed by atoms with van der Waals surface area (Å²) in [4.78, 5) is 13.8. The molecule has 0 aromatic rings. The van der Waals surface area contributed by atoms with Crippen LogP contribution < -0.4 is 0 Å². The molecule has 82 valence electrons. The van der Waals surface area contributed by atoms with Gasteiger partial charge in [0, 0.05) is 0 Å². The van der Waals surface area contributed by atoms with Gasteiger partial charge in [-0.25, -0.2) is 11.4 Å². The van der Waals surface area contributed by atoms with Crippen molar-refractivity contribution < 1.29 is 9.53 Å². The molecule has 0 aromatic heterocycles. The molecule has 0 bridgehead atoms. The van der Waals surface area contributed by atoms with E-state index < -0.39 is 5.97 Å². The summed E-state index contributed by atoms with van der Waals surface area (Å²) in [6, 6.07) is 0. The van der Waals surface area contributed by atoms with E-state index >= 15 is 0 Å². The molecule has 0 N–H and O–H groups in total. The van der Waals surface area contributed by atoms with E-state index in [0.717, 1.165) is 12.0 Å². The zero-order chi connectivity index (χ0) is 11.7. The first-order chi connectivity index (χ1) is 7.10. The maximum Gasteiger partial charge on any atom is 0.387 e. The Morgan fingerprint density at radius 1 is 1.67 bits per heavy atom. The van der Waals surface area contributed by atoms with Gasteiger partial charge >= 0.3 is 12.5 Å². The fourth-order valence-electron chi connectivity index (χ4n) is 1.17. The van der Waals surface area contributed by atoms with E-state index in [2.05, 4.69) is 18.3 Å². The Hall–Kier alpha value is -1.56. The van der Waals surface area contributed by atoms with E-state index in [-0.39, 0.29) is 13.2 Å². The van der Waals surface area contributed by atoms with Crippen LogP contribution in [-0.4, -0.2) is 19.1 Å². The lowest BCUT2D eigenvalue weighted by Crippen LogP contribution is -2.09. The van der Waals surface area contributed by atoms with Gasteiger partial charge in [-0.3, -0.25) is 0 Å². The lowest BCUT2D eigenvalue weighted by Gasteiger charge is -2.05. The van der Waals surface area contributed by atoms with Crippen molar-refractivity contribution in [2.75, 3.05) is 13.2 Å². The Morgan fingerprint density at radius 3 is 2.87 bits per heavy atom. The smallest absolute Gasteiger partial charge is 0.387 e. The highest BCUT2D eigenvalue weighted by Crippen LogP contribution is 2.08. The van der Waals surface area contributed by atoms with Crippen molar-refractivity contribution in [1.29, 1.82) is 0 Å². The Bertz CT molecular complexity index is 286. The van der Waals surface area contributed by atoms with Gasteiger partial charge in [-0.1, -0.05) is 19.1 Å². The predicted molar refractivity (Wildman–Crippen MR) is 60.2 cm³/mol. The summed E-state index contributed by atoms with van der Waals surface area (Å²) in [7, 11) is 0. The van der Waals surface area contributed by atoms with Crippen LogP contribution >= 0.6 is 0 Å². The average molecular weight is 207 g/mol. The number of esters is 1. The van der Waals surface area contributed by atoms with E-state index in [1.165, 1.54) is 0 Å². The third kappa shape index (κ3) is 7.51. The molecule has 3 heteroatoms. The number of allylic oxidation sites excluding steroid dienone is 2. The van der Waals surface area contributed by atoms with Gasteiger partial charge in [0.25, 0.3) is 0 Å². The molecule has 0 aromatic carbocycles. The van der Waals surface area contributed by atoms with Crippen molar-refractivity contribution in [1.82, 2.24) is 0 Å². The second-order valence-electron chi connectivity index (χ2n) is 3.49. The minimum absolute atomic E-state index is 0.199. The molecule has 1 atom stereocenters. The van der Waals surface area contributed by atoms with Crippen molar-refractivity contribution in [3.05, 3.63) is 35.7 Å². The Labute approximate surface area is 91.3 Å². The maximum absolute atomic E-state index is 10.9. The molecule has 0 aliphatic heterocycles. The van der Waals surface area contributed by atoms with Crippen LogP contribution in [0.2, 0.25) is 0 Å². The van der Waals surface area contributed by atoms with Crippen LogP contribution in [0.3, 0.4) is 0 Å². The fraction of sp³-hybridized carbons (Fsp3) is 0.500. The van der Waals surface area contributed by atoms with Gasteiger partial charge in [0.1, 0.15) is 6.61 Å². The van der Waals surface area contributed by atoms with Crippen LogP contribution in [0.15, 0.2) is 24.3 Å². The van der Waals surface area contributed by atoms with E-state index in [1.807, 2.05) is 19.1 Å². The number of hydrogen-bond acceptors (Lipinski definition) is 2. The summed E-state index contributed by atoms with van der Waals surface area (Å²) in [5.74, 6) is -0.0591. The summed E-state index contributed by atoms with van der Waals surface area (Å²) in [5.41, 5.74) is 1.00. The van der Waals surface area contributed by atoms with Crippen LogP contribution in [0.25, 0.3) is 4.85 Å². The van der Waals surface area contributed by atoms with Crippen molar-refractivity contribution in [3.8, 4) is 0 Å². The van der Waals surface area contributed by atoms with Crippen LogP contribution in [-0.2, 0) is 9.53 Å². The van der Waals surface area contributed by atoms with Crippen molar-refractivity contribution in [3.63, 3.8) is 0 Å². The Kier molecular flexibility index (Phi) is 7.00. The molecule has 0 saturated carbocycles. The van der Waals surface area contributed by atoms with Gasteiger partial charge in [0.2, 0.25) is 0 Å². The SMILES string of the molecule is [C-]#[N+]CC(=O)OCC(C)=CC(C)CC=C. The molecule has 0 spiro atoms. The predicted octanol–water partition coefficient (Wildman–Crippen LogP) is 2.61. The number of ether oxygens (including phenoxy) is 1. The van der Waals surface area contributed by atoms with Crippen molar-refractivity contribution in [2.45, 2.75) is 20.3 Å². The minimum atomic E-state index is -0.464. The first-order valence-corrected chi connectivity index (χ1v) is 4.87. The van der Waals surface area contributed by atoms with Gasteiger partial charge in [0.05, 0.1) is 0 Å². The zero-order valence-corrected chi connectivity index (χ0v) is 9.32.